The predicted molar refractivity (Wildman–Crippen MR) is 89.3 cm³/mol. The van der Waals surface area contributed by atoms with Crippen molar-refractivity contribution in [3.8, 4) is 0 Å². The Hall–Kier alpha value is -1.27. The van der Waals surface area contributed by atoms with Crippen LogP contribution in [0.3, 0.4) is 0 Å². The van der Waals surface area contributed by atoms with Crippen molar-refractivity contribution in [3.63, 3.8) is 0 Å². The molecule has 0 radical (unpaired) electrons. The Kier molecular flexibility index (Phi) is 9.90. The number of unbranched alkanes of at least 4 members (excludes halogenated alkanes) is 6. The van der Waals surface area contributed by atoms with Crippen LogP contribution < -0.4 is 0 Å². The Morgan fingerprint density at radius 1 is 1.04 bits per heavy atom. The molecule has 0 bridgehead atoms. The van der Waals surface area contributed by atoms with Crippen LogP contribution in [-0.2, 0) is 28.3 Å². The number of rotatable bonds is 13. The molecule has 7 nitrogen and oxygen atoms in total. The Balaban J connectivity index is 1.96. The summed E-state index contributed by atoms with van der Waals surface area (Å²) in [5.74, 6) is -1.51. The van der Waals surface area contributed by atoms with E-state index >= 15 is 0 Å². The van der Waals surface area contributed by atoms with Gasteiger partial charge in [0.05, 0.1) is 12.8 Å². The van der Waals surface area contributed by atoms with Crippen LogP contribution >= 0.6 is 7.68 Å². The van der Waals surface area contributed by atoms with Crippen LogP contribution in [0.5, 0.6) is 0 Å². The van der Waals surface area contributed by atoms with Gasteiger partial charge in [0.25, 0.3) is 11.8 Å². The lowest BCUT2D eigenvalue weighted by Crippen LogP contribution is -2.31. The van der Waals surface area contributed by atoms with E-state index in [-0.39, 0.29) is 32.0 Å². The lowest BCUT2D eigenvalue weighted by atomic mass is 10.1. The maximum atomic E-state index is 13.3. The molecule has 0 saturated carbocycles. The van der Waals surface area contributed by atoms with Crippen molar-refractivity contribution in [2.24, 2.45) is 0 Å². The number of hydrogen-bond acceptors (Lipinski definition) is 6. The lowest BCUT2D eigenvalue weighted by molar-refractivity contribution is -0.197. The van der Waals surface area contributed by atoms with Gasteiger partial charge in [-0.3, -0.25) is 14.2 Å². The Labute approximate surface area is 147 Å². The van der Waals surface area contributed by atoms with Crippen molar-refractivity contribution in [3.05, 3.63) is 0 Å². The van der Waals surface area contributed by atoms with Crippen LogP contribution in [0, 0.1) is 0 Å². The third-order valence-electron chi connectivity index (χ3n) is 3.83. The fourth-order valence-electron chi connectivity index (χ4n) is 2.52. The van der Waals surface area contributed by atoms with E-state index in [1.807, 2.05) is 0 Å². The number of carbonyl (C=O) groups is 3. The number of amides is 2. The normalized spacial score (nSPS) is 17.0. The molecule has 1 fully saturated rings. The summed E-state index contributed by atoms with van der Waals surface area (Å²) in [4.78, 5) is 38.9. The molecule has 25 heavy (non-hydrogen) atoms. The van der Waals surface area contributed by atoms with E-state index in [4.69, 9.17) is 4.84 Å². The molecule has 9 heteroatoms. The van der Waals surface area contributed by atoms with Crippen molar-refractivity contribution in [1.82, 2.24) is 5.06 Å². The summed E-state index contributed by atoms with van der Waals surface area (Å²) < 4.78 is 29.1. The van der Waals surface area contributed by atoms with E-state index in [1.54, 1.807) is 6.92 Å². The molecule has 1 rings (SSSR count). The fourth-order valence-corrected chi connectivity index (χ4v) is 3.63. The molecule has 1 atom stereocenters. The highest BCUT2D eigenvalue weighted by Gasteiger charge is 2.32. The summed E-state index contributed by atoms with van der Waals surface area (Å²) >= 11 is 0. The second kappa shape index (κ2) is 11.4. The van der Waals surface area contributed by atoms with Gasteiger partial charge in [0.15, 0.2) is 0 Å². The molecule has 144 valence electrons. The first-order valence-corrected chi connectivity index (χ1v) is 10.6. The Morgan fingerprint density at radius 3 is 2.12 bits per heavy atom. The molecule has 0 aliphatic carbocycles. The molecule has 2 amide bonds. The van der Waals surface area contributed by atoms with Crippen molar-refractivity contribution >= 4 is 25.5 Å². The lowest BCUT2D eigenvalue weighted by Gasteiger charge is -2.12. The largest absolute Gasteiger partial charge is 0.367 e. The number of hydroxylamine groups is 2. The third-order valence-corrected chi connectivity index (χ3v) is 5.32. The Morgan fingerprint density at radius 2 is 1.56 bits per heavy atom. The van der Waals surface area contributed by atoms with Crippen molar-refractivity contribution in [2.75, 3.05) is 12.8 Å². The molecule has 0 aromatic rings. The molecule has 1 saturated heterocycles. The monoisotopic (exact) mass is 379 g/mol. The van der Waals surface area contributed by atoms with Gasteiger partial charge in [0.2, 0.25) is 0 Å². The molecule has 1 aliphatic heterocycles. The van der Waals surface area contributed by atoms with Crippen LogP contribution in [0.4, 0.5) is 4.20 Å². The van der Waals surface area contributed by atoms with E-state index in [0.29, 0.717) is 17.9 Å². The average Bonchev–Trinajstić information content (AvgIpc) is 2.85. The first-order chi connectivity index (χ1) is 11.9. The number of hydrogen-bond donors (Lipinski definition) is 0. The number of imide groups is 1. The first kappa shape index (κ1) is 21.8. The number of nitrogens with zero attached hydrogens (tertiary/aromatic N) is 1. The van der Waals surface area contributed by atoms with Crippen LogP contribution in [0.25, 0.3) is 0 Å². The van der Waals surface area contributed by atoms with Gasteiger partial charge in [-0.05, 0) is 19.8 Å². The number of halogens is 1. The fraction of sp³-hybridized carbons (Fsp3) is 0.812. The maximum absolute atomic E-state index is 13.3. The van der Waals surface area contributed by atoms with Crippen LogP contribution in [0.2, 0.25) is 0 Å². The molecule has 0 N–H and O–H groups in total. The van der Waals surface area contributed by atoms with Gasteiger partial charge in [-0.1, -0.05) is 32.1 Å². The van der Waals surface area contributed by atoms with E-state index in [2.05, 4.69) is 4.52 Å². The van der Waals surface area contributed by atoms with Crippen molar-refractivity contribution in [1.29, 1.82) is 0 Å². The Bertz CT molecular complexity index is 497. The van der Waals surface area contributed by atoms with E-state index < -0.39 is 25.5 Å². The summed E-state index contributed by atoms with van der Waals surface area (Å²) in [5, 5.41) is 0.564. The van der Waals surface area contributed by atoms with Crippen molar-refractivity contribution in [2.45, 2.75) is 71.1 Å². The van der Waals surface area contributed by atoms with Crippen LogP contribution in [0.1, 0.15) is 71.1 Å². The summed E-state index contributed by atoms with van der Waals surface area (Å²) in [6.07, 6.45) is 5.89. The van der Waals surface area contributed by atoms with E-state index in [0.717, 1.165) is 32.1 Å². The molecular weight excluding hydrogens is 352 g/mol. The third kappa shape index (κ3) is 9.12. The van der Waals surface area contributed by atoms with Gasteiger partial charge < -0.3 is 9.36 Å². The van der Waals surface area contributed by atoms with E-state index in [9.17, 15) is 23.1 Å². The molecule has 0 aromatic carbocycles. The molecule has 1 unspecified atom stereocenters. The van der Waals surface area contributed by atoms with Crippen LogP contribution in [-0.4, -0.2) is 35.6 Å². The van der Waals surface area contributed by atoms with Gasteiger partial charge in [0, 0.05) is 19.3 Å². The molecular formula is C16H27FNO6P. The minimum absolute atomic E-state index is 0.0272. The first-order valence-electron chi connectivity index (χ1n) is 8.85. The molecule has 0 spiro atoms. The zero-order chi connectivity index (χ0) is 18.7. The molecule has 0 aromatic heterocycles. The van der Waals surface area contributed by atoms with Gasteiger partial charge in [-0.15, -0.1) is 5.06 Å². The second-order valence-corrected chi connectivity index (χ2v) is 7.89. The minimum atomic E-state index is -3.89. The van der Waals surface area contributed by atoms with Gasteiger partial charge in [-0.25, -0.2) is 4.79 Å². The van der Waals surface area contributed by atoms with Crippen LogP contribution in [0.15, 0.2) is 0 Å². The molecule has 1 aliphatic rings. The highest BCUT2D eigenvalue weighted by molar-refractivity contribution is 7.53. The second-order valence-electron chi connectivity index (χ2n) is 6.00. The summed E-state index contributed by atoms with van der Waals surface area (Å²) in [7, 11) is -3.89. The van der Waals surface area contributed by atoms with Crippen molar-refractivity contribution < 1.29 is 32.5 Å². The minimum Gasteiger partial charge on any atom is -0.330 e. The van der Waals surface area contributed by atoms with Gasteiger partial charge in [-0.2, -0.15) is 4.20 Å². The highest BCUT2D eigenvalue weighted by atomic mass is 31.2. The highest BCUT2D eigenvalue weighted by Crippen LogP contribution is 2.49. The summed E-state index contributed by atoms with van der Waals surface area (Å²) in [6, 6.07) is 0. The van der Waals surface area contributed by atoms with Gasteiger partial charge in [0.1, 0.15) is 0 Å². The number of carbonyl (C=O) groups excluding carboxylic acids is 3. The summed E-state index contributed by atoms with van der Waals surface area (Å²) in [6.45, 7) is 1.74. The standard InChI is InChI=1S/C16H27FNO6P/c1-2-23-25(17,22)13-9-7-5-3-4-6-8-10-16(21)24-18-14(19)11-12-15(18)20/h2-13H2,1H3. The zero-order valence-corrected chi connectivity index (χ0v) is 15.6. The summed E-state index contributed by atoms with van der Waals surface area (Å²) in [5.41, 5.74) is 0. The topological polar surface area (TPSA) is 90.0 Å². The molecule has 1 heterocycles. The SMILES string of the molecule is CCOP(=O)(F)CCCCCCCCCC(=O)ON1C(=O)CCC1=O. The smallest absolute Gasteiger partial charge is 0.330 e. The predicted octanol–water partition coefficient (Wildman–Crippen LogP) is 3.91. The maximum Gasteiger partial charge on any atom is 0.367 e. The average molecular weight is 379 g/mol. The quantitative estimate of drug-likeness (QED) is 0.274. The zero-order valence-electron chi connectivity index (χ0n) is 14.7. The van der Waals surface area contributed by atoms with Gasteiger partial charge >= 0.3 is 13.6 Å². The van der Waals surface area contributed by atoms with E-state index in [1.165, 1.54) is 0 Å².